The van der Waals surface area contributed by atoms with Gasteiger partial charge in [0.2, 0.25) is 0 Å². The van der Waals surface area contributed by atoms with Gasteiger partial charge in [0.25, 0.3) is 0 Å². The lowest BCUT2D eigenvalue weighted by molar-refractivity contribution is -0.0621. The van der Waals surface area contributed by atoms with Crippen LogP contribution in [0.5, 0.6) is 11.5 Å². The van der Waals surface area contributed by atoms with E-state index in [0.29, 0.717) is 13.2 Å². The van der Waals surface area contributed by atoms with Crippen LogP contribution in [-0.4, -0.2) is 51.5 Å². The number of rotatable bonds is 9. The Hall–Kier alpha value is -2.54. The molecule has 4 rings (SSSR count). The van der Waals surface area contributed by atoms with Gasteiger partial charge in [-0.1, -0.05) is 23.7 Å². The van der Waals surface area contributed by atoms with Crippen molar-refractivity contribution in [2.24, 2.45) is 0 Å². The molecule has 1 aliphatic heterocycles. The van der Waals surface area contributed by atoms with Gasteiger partial charge in [-0.05, 0) is 81.1 Å². The van der Waals surface area contributed by atoms with Gasteiger partial charge in [-0.15, -0.1) is 0 Å². The van der Waals surface area contributed by atoms with Crippen LogP contribution in [0.2, 0.25) is 5.02 Å². The van der Waals surface area contributed by atoms with Crippen LogP contribution in [0.4, 0.5) is 0 Å². The molecule has 7 heteroatoms. The van der Waals surface area contributed by atoms with Gasteiger partial charge >= 0.3 is 0 Å². The van der Waals surface area contributed by atoms with Crippen LogP contribution in [-0.2, 0) is 13.1 Å². The Morgan fingerprint density at radius 1 is 1.09 bits per heavy atom. The van der Waals surface area contributed by atoms with E-state index in [1.54, 1.807) is 6.20 Å². The number of piperidine rings is 1. The standard InChI is InChI=1S/C27H34ClN3O3/c1-20-14-25(15-21(2)26(20)28)34-19-27(32)8-5-10-30(18-27)17-23-6-4-7-24(16-23)33-13-12-31-11-9-29-22(31)3/h4,6-7,9,11,14-16,32H,5,8,10,12-13,17-19H2,1-3H3/t27-/m1/s1. The molecule has 1 atom stereocenters. The fraction of sp³-hybridized carbons (Fsp3) is 0.444. The summed E-state index contributed by atoms with van der Waals surface area (Å²) < 4.78 is 14.1. The van der Waals surface area contributed by atoms with Crippen molar-refractivity contribution in [1.82, 2.24) is 14.5 Å². The van der Waals surface area contributed by atoms with E-state index in [1.165, 1.54) is 5.56 Å². The van der Waals surface area contributed by atoms with Gasteiger partial charge in [-0.3, -0.25) is 4.90 Å². The fourth-order valence-electron chi connectivity index (χ4n) is 4.56. The first-order chi connectivity index (χ1) is 16.3. The lowest BCUT2D eigenvalue weighted by Crippen LogP contribution is -2.51. The highest BCUT2D eigenvalue weighted by Crippen LogP contribution is 2.28. The molecule has 2 heterocycles. The minimum atomic E-state index is -0.879. The number of halogens is 1. The van der Waals surface area contributed by atoms with Crippen molar-refractivity contribution in [2.45, 2.75) is 52.3 Å². The first kappa shape index (κ1) is 24.6. The predicted octanol–water partition coefficient (Wildman–Crippen LogP) is 4.95. The van der Waals surface area contributed by atoms with E-state index < -0.39 is 5.60 Å². The predicted molar refractivity (Wildman–Crippen MR) is 135 cm³/mol. The molecule has 0 aliphatic carbocycles. The minimum absolute atomic E-state index is 0.265. The van der Waals surface area contributed by atoms with E-state index in [-0.39, 0.29) is 6.61 Å². The molecule has 1 aromatic heterocycles. The molecule has 0 saturated carbocycles. The largest absolute Gasteiger partial charge is 0.492 e. The van der Waals surface area contributed by atoms with Gasteiger partial charge in [0.1, 0.15) is 36.1 Å². The number of hydrogen-bond acceptors (Lipinski definition) is 5. The number of likely N-dealkylation sites (tertiary alicyclic amines) is 1. The number of aryl methyl sites for hydroxylation is 3. The van der Waals surface area contributed by atoms with Crippen molar-refractivity contribution < 1.29 is 14.6 Å². The highest BCUT2D eigenvalue weighted by Gasteiger charge is 2.34. The van der Waals surface area contributed by atoms with Gasteiger partial charge in [-0.25, -0.2) is 4.98 Å². The Balaban J connectivity index is 1.30. The lowest BCUT2D eigenvalue weighted by atomic mass is 9.93. The third-order valence-corrected chi connectivity index (χ3v) is 6.98. The average molecular weight is 484 g/mol. The zero-order valence-electron chi connectivity index (χ0n) is 20.3. The van der Waals surface area contributed by atoms with Gasteiger partial charge in [0.05, 0.1) is 6.54 Å². The fourth-order valence-corrected chi connectivity index (χ4v) is 4.67. The van der Waals surface area contributed by atoms with Crippen LogP contribution in [0.25, 0.3) is 0 Å². The van der Waals surface area contributed by atoms with Crippen molar-refractivity contribution in [3.63, 3.8) is 0 Å². The molecule has 34 heavy (non-hydrogen) atoms. The molecule has 1 N–H and O–H groups in total. The summed E-state index contributed by atoms with van der Waals surface area (Å²) in [6.45, 7) is 9.83. The van der Waals surface area contributed by atoms with Crippen molar-refractivity contribution in [3.05, 3.63) is 76.3 Å². The second-order valence-electron chi connectivity index (χ2n) is 9.36. The quantitative estimate of drug-likeness (QED) is 0.466. The number of aliphatic hydroxyl groups is 1. The Labute approximate surface area is 207 Å². The maximum atomic E-state index is 11.2. The van der Waals surface area contributed by atoms with Crippen LogP contribution in [0, 0.1) is 20.8 Å². The Morgan fingerprint density at radius 2 is 1.88 bits per heavy atom. The van der Waals surface area contributed by atoms with Crippen LogP contribution >= 0.6 is 11.6 Å². The van der Waals surface area contributed by atoms with Crippen molar-refractivity contribution in [1.29, 1.82) is 0 Å². The van der Waals surface area contributed by atoms with Crippen LogP contribution < -0.4 is 9.47 Å². The summed E-state index contributed by atoms with van der Waals surface area (Å²) in [7, 11) is 0. The SMILES string of the molecule is Cc1cc(OC[C@@]2(O)CCCN(Cc3cccc(OCCn4ccnc4C)c3)C2)cc(C)c1Cl. The summed E-state index contributed by atoms with van der Waals surface area (Å²) in [6.07, 6.45) is 5.43. The molecule has 6 nitrogen and oxygen atoms in total. The summed E-state index contributed by atoms with van der Waals surface area (Å²) in [5.41, 5.74) is 2.26. The molecule has 1 saturated heterocycles. The normalized spacial score (nSPS) is 18.7. The van der Waals surface area contributed by atoms with E-state index in [1.807, 2.05) is 51.2 Å². The topological polar surface area (TPSA) is 59.8 Å². The molecule has 0 spiro atoms. The Morgan fingerprint density at radius 3 is 2.62 bits per heavy atom. The third kappa shape index (κ3) is 6.32. The smallest absolute Gasteiger partial charge is 0.120 e. The second-order valence-corrected chi connectivity index (χ2v) is 9.74. The third-order valence-electron chi connectivity index (χ3n) is 6.38. The van der Waals surface area contributed by atoms with Crippen molar-refractivity contribution in [3.8, 4) is 11.5 Å². The Bertz CT molecular complexity index is 1090. The van der Waals surface area contributed by atoms with Crippen LogP contribution in [0.1, 0.15) is 35.4 Å². The number of ether oxygens (including phenoxy) is 2. The molecule has 2 aromatic carbocycles. The molecule has 1 fully saturated rings. The maximum absolute atomic E-state index is 11.2. The van der Waals surface area contributed by atoms with E-state index in [2.05, 4.69) is 26.6 Å². The molecule has 3 aromatic rings. The van der Waals surface area contributed by atoms with E-state index in [4.69, 9.17) is 21.1 Å². The second kappa shape index (κ2) is 10.8. The Kier molecular flexibility index (Phi) is 7.81. The number of nitrogens with zero attached hydrogens (tertiary/aromatic N) is 3. The highest BCUT2D eigenvalue weighted by molar-refractivity contribution is 6.32. The molecule has 0 amide bonds. The minimum Gasteiger partial charge on any atom is -0.492 e. The number of aromatic nitrogens is 2. The van der Waals surface area contributed by atoms with Gasteiger partial charge < -0.3 is 19.1 Å². The number of imidazole rings is 1. The molecular weight excluding hydrogens is 450 g/mol. The summed E-state index contributed by atoms with van der Waals surface area (Å²) in [5, 5.41) is 12.0. The average Bonchev–Trinajstić information content (AvgIpc) is 3.21. The summed E-state index contributed by atoms with van der Waals surface area (Å²) in [5.74, 6) is 2.60. The van der Waals surface area contributed by atoms with E-state index in [0.717, 1.165) is 65.9 Å². The zero-order valence-corrected chi connectivity index (χ0v) is 21.0. The highest BCUT2D eigenvalue weighted by atomic mass is 35.5. The van der Waals surface area contributed by atoms with Gasteiger partial charge in [-0.2, -0.15) is 0 Å². The lowest BCUT2D eigenvalue weighted by Gasteiger charge is -2.39. The van der Waals surface area contributed by atoms with Crippen molar-refractivity contribution >= 4 is 11.6 Å². The summed E-state index contributed by atoms with van der Waals surface area (Å²) in [6, 6.07) is 12.1. The molecular formula is C27H34ClN3O3. The summed E-state index contributed by atoms with van der Waals surface area (Å²) >= 11 is 6.27. The molecule has 0 unspecified atom stereocenters. The number of hydrogen-bond donors (Lipinski definition) is 1. The summed E-state index contributed by atoms with van der Waals surface area (Å²) in [4.78, 5) is 6.53. The van der Waals surface area contributed by atoms with E-state index >= 15 is 0 Å². The first-order valence-electron chi connectivity index (χ1n) is 11.9. The van der Waals surface area contributed by atoms with Gasteiger partial charge in [0.15, 0.2) is 0 Å². The van der Waals surface area contributed by atoms with Crippen LogP contribution in [0.3, 0.4) is 0 Å². The monoisotopic (exact) mass is 483 g/mol. The molecule has 0 bridgehead atoms. The van der Waals surface area contributed by atoms with E-state index in [9.17, 15) is 5.11 Å². The molecule has 0 radical (unpaired) electrons. The van der Waals surface area contributed by atoms with Crippen LogP contribution in [0.15, 0.2) is 48.8 Å². The molecule has 1 aliphatic rings. The number of benzene rings is 2. The van der Waals surface area contributed by atoms with Crippen molar-refractivity contribution in [2.75, 3.05) is 26.3 Å². The van der Waals surface area contributed by atoms with Gasteiger partial charge in [0, 0.05) is 30.5 Å². The number of β-amino-alcohol motifs (C(OH)–C–C–N with tert-alkyl or cyclic N) is 1. The zero-order chi connectivity index (χ0) is 24.1. The first-order valence-corrected chi connectivity index (χ1v) is 12.2. The molecule has 182 valence electrons. The maximum Gasteiger partial charge on any atom is 0.120 e.